The topological polar surface area (TPSA) is 44.5 Å². The predicted molar refractivity (Wildman–Crippen MR) is 64.3 cm³/mol. The van der Waals surface area contributed by atoms with Crippen molar-refractivity contribution in [1.82, 2.24) is 4.98 Å². The van der Waals surface area contributed by atoms with E-state index < -0.39 is 0 Å². The average Bonchev–Trinajstić information content (AvgIpc) is 2.81. The largest absolute Gasteiger partial charge is 0.493 e. The van der Waals surface area contributed by atoms with E-state index in [0.717, 1.165) is 5.56 Å². The van der Waals surface area contributed by atoms with Crippen molar-refractivity contribution in [1.29, 1.82) is 0 Å². The van der Waals surface area contributed by atoms with Crippen molar-refractivity contribution in [2.24, 2.45) is 0 Å². The van der Waals surface area contributed by atoms with Crippen LogP contribution in [0.1, 0.15) is 13.8 Å². The van der Waals surface area contributed by atoms with Gasteiger partial charge in [-0.15, -0.1) is 0 Å². The Hall–Kier alpha value is -1.97. The molecule has 2 rings (SSSR count). The molecule has 2 aromatic rings. The van der Waals surface area contributed by atoms with Gasteiger partial charge >= 0.3 is 0 Å². The average molecular weight is 233 g/mol. The van der Waals surface area contributed by atoms with Crippen molar-refractivity contribution < 1.29 is 13.9 Å². The van der Waals surface area contributed by atoms with Gasteiger partial charge in [0.05, 0.1) is 19.4 Å². The van der Waals surface area contributed by atoms with Crippen molar-refractivity contribution in [3.05, 3.63) is 30.7 Å². The van der Waals surface area contributed by atoms with Gasteiger partial charge < -0.3 is 13.9 Å². The number of methoxy groups -OCH3 is 1. The van der Waals surface area contributed by atoms with Gasteiger partial charge in [-0.3, -0.25) is 0 Å². The highest BCUT2D eigenvalue weighted by Crippen LogP contribution is 2.32. The maximum atomic E-state index is 5.68. The lowest BCUT2D eigenvalue weighted by Crippen LogP contribution is -2.06. The first kappa shape index (κ1) is 11.5. The quantitative estimate of drug-likeness (QED) is 0.813. The summed E-state index contributed by atoms with van der Waals surface area (Å²) in [4.78, 5) is 4.10. The molecular formula is C13H15NO3. The van der Waals surface area contributed by atoms with Crippen molar-refractivity contribution in [2.75, 3.05) is 7.11 Å². The Bertz CT molecular complexity index is 477. The molecule has 0 unspecified atom stereocenters. The fraction of sp³-hybridized carbons (Fsp3) is 0.308. The van der Waals surface area contributed by atoms with Gasteiger partial charge in [-0.25, -0.2) is 4.98 Å². The number of nitrogens with zero attached hydrogens (tertiary/aromatic N) is 1. The highest BCUT2D eigenvalue weighted by atomic mass is 16.5. The maximum Gasteiger partial charge on any atom is 0.225 e. The highest BCUT2D eigenvalue weighted by Gasteiger charge is 2.10. The summed E-state index contributed by atoms with van der Waals surface area (Å²) in [5.41, 5.74) is 0.867. The van der Waals surface area contributed by atoms with Gasteiger partial charge in [0, 0.05) is 5.56 Å². The Morgan fingerprint density at radius 3 is 2.65 bits per heavy atom. The van der Waals surface area contributed by atoms with Crippen LogP contribution in [0.3, 0.4) is 0 Å². The molecule has 17 heavy (non-hydrogen) atoms. The standard InChI is InChI=1S/C13H15NO3/c1-9(2)17-12-8-10(4-5-11(12)15-3)13-14-6-7-16-13/h4-9H,1-3H3. The van der Waals surface area contributed by atoms with Gasteiger partial charge in [-0.05, 0) is 32.0 Å². The fourth-order valence-corrected chi connectivity index (χ4v) is 1.52. The molecular weight excluding hydrogens is 218 g/mol. The summed E-state index contributed by atoms with van der Waals surface area (Å²) in [6.07, 6.45) is 3.24. The normalized spacial score (nSPS) is 10.6. The first-order chi connectivity index (χ1) is 8.20. The Kier molecular flexibility index (Phi) is 3.32. The monoisotopic (exact) mass is 233 g/mol. The lowest BCUT2D eigenvalue weighted by atomic mass is 10.2. The van der Waals surface area contributed by atoms with Crippen LogP contribution < -0.4 is 9.47 Å². The van der Waals surface area contributed by atoms with E-state index in [1.54, 1.807) is 19.6 Å². The van der Waals surface area contributed by atoms with Gasteiger partial charge in [0.1, 0.15) is 6.26 Å². The number of hydrogen-bond acceptors (Lipinski definition) is 4. The highest BCUT2D eigenvalue weighted by molar-refractivity contribution is 5.59. The van der Waals surface area contributed by atoms with Gasteiger partial charge in [-0.1, -0.05) is 0 Å². The number of benzene rings is 1. The number of hydrogen-bond donors (Lipinski definition) is 0. The summed E-state index contributed by atoms with van der Waals surface area (Å²) in [6.45, 7) is 3.94. The molecule has 4 heteroatoms. The Morgan fingerprint density at radius 1 is 1.24 bits per heavy atom. The molecule has 4 nitrogen and oxygen atoms in total. The van der Waals surface area contributed by atoms with Crippen LogP contribution in [0.15, 0.2) is 35.1 Å². The summed E-state index contributed by atoms with van der Waals surface area (Å²) in [6, 6.07) is 5.60. The number of ether oxygens (including phenoxy) is 2. The van der Waals surface area contributed by atoms with Crippen LogP contribution in [0.4, 0.5) is 0 Å². The maximum absolute atomic E-state index is 5.68. The Balaban J connectivity index is 2.37. The van der Waals surface area contributed by atoms with E-state index in [1.165, 1.54) is 0 Å². The van der Waals surface area contributed by atoms with Crippen LogP contribution in [-0.2, 0) is 0 Å². The van der Waals surface area contributed by atoms with E-state index in [-0.39, 0.29) is 6.10 Å². The third-order valence-electron chi connectivity index (χ3n) is 2.21. The minimum Gasteiger partial charge on any atom is -0.493 e. The summed E-state index contributed by atoms with van der Waals surface area (Å²) in [7, 11) is 1.62. The molecule has 0 N–H and O–H groups in total. The van der Waals surface area contributed by atoms with Crippen LogP contribution in [0.5, 0.6) is 11.5 Å². The number of oxazole rings is 1. The van der Waals surface area contributed by atoms with Crippen LogP contribution in [0.2, 0.25) is 0 Å². The van der Waals surface area contributed by atoms with E-state index in [0.29, 0.717) is 17.4 Å². The molecule has 0 amide bonds. The summed E-state index contributed by atoms with van der Waals surface area (Å²) >= 11 is 0. The molecule has 90 valence electrons. The smallest absolute Gasteiger partial charge is 0.225 e. The second kappa shape index (κ2) is 4.91. The SMILES string of the molecule is COc1ccc(-c2ncco2)cc1OC(C)C. The van der Waals surface area contributed by atoms with Gasteiger partial charge in [0.25, 0.3) is 0 Å². The van der Waals surface area contributed by atoms with Crippen LogP contribution >= 0.6 is 0 Å². The van der Waals surface area contributed by atoms with E-state index >= 15 is 0 Å². The molecule has 0 spiro atoms. The molecule has 0 saturated heterocycles. The first-order valence-electron chi connectivity index (χ1n) is 5.45. The molecule has 1 aromatic heterocycles. The molecule has 0 fully saturated rings. The summed E-state index contributed by atoms with van der Waals surface area (Å²) in [5, 5.41) is 0. The first-order valence-corrected chi connectivity index (χ1v) is 5.45. The molecule has 0 bridgehead atoms. The molecule has 0 saturated carbocycles. The summed E-state index contributed by atoms with van der Waals surface area (Å²) in [5.74, 6) is 1.97. The van der Waals surface area contributed by atoms with E-state index in [1.807, 2.05) is 32.0 Å². The second-order valence-electron chi connectivity index (χ2n) is 3.87. The third kappa shape index (κ3) is 2.58. The molecule has 1 aromatic carbocycles. The van der Waals surface area contributed by atoms with E-state index in [4.69, 9.17) is 13.9 Å². The van der Waals surface area contributed by atoms with Crippen LogP contribution in [0.25, 0.3) is 11.5 Å². The lowest BCUT2D eigenvalue weighted by Gasteiger charge is -2.13. The second-order valence-corrected chi connectivity index (χ2v) is 3.87. The zero-order chi connectivity index (χ0) is 12.3. The Morgan fingerprint density at radius 2 is 2.06 bits per heavy atom. The fourth-order valence-electron chi connectivity index (χ4n) is 1.52. The molecule has 0 aliphatic heterocycles. The van der Waals surface area contributed by atoms with Crippen molar-refractivity contribution >= 4 is 0 Å². The zero-order valence-electron chi connectivity index (χ0n) is 10.1. The minimum atomic E-state index is 0.0868. The number of rotatable bonds is 4. The predicted octanol–water partition coefficient (Wildman–Crippen LogP) is 3.14. The minimum absolute atomic E-state index is 0.0868. The third-order valence-corrected chi connectivity index (χ3v) is 2.21. The molecule has 0 radical (unpaired) electrons. The number of aromatic nitrogens is 1. The van der Waals surface area contributed by atoms with Crippen molar-refractivity contribution in [3.8, 4) is 23.0 Å². The van der Waals surface area contributed by atoms with Gasteiger partial charge in [0.2, 0.25) is 5.89 Å². The van der Waals surface area contributed by atoms with Gasteiger partial charge in [0.15, 0.2) is 11.5 Å². The van der Waals surface area contributed by atoms with E-state index in [2.05, 4.69) is 4.98 Å². The van der Waals surface area contributed by atoms with Crippen molar-refractivity contribution in [2.45, 2.75) is 20.0 Å². The lowest BCUT2D eigenvalue weighted by molar-refractivity contribution is 0.230. The Labute approximate surface area is 100 Å². The molecule has 1 heterocycles. The molecule has 0 atom stereocenters. The molecule has 0 aliphatic rings. The summed E-state index contributed by atoms with van der Waals surface area (Å²) < 4.78 is 16.2. The zero-order valence-corrected chi connectivity index (χ0v) is 10.1. The van der Waals surface area contributed by atoms with Gasteiger partial charge in [-0.2, -0.15) is 0 Å². The van der Waals surface area contributed by atoms with Crippen molar-refractivity contribution in [3.63, 3.8) is 0 Å². The van der Waals surface area contributed by atoms with Crippen LogP contribution in [0, 0.1) is 0 Å². The van der Waals surface area contributed by atoms with E-state index in [9.17, 15) is 0 Å². The van der Waals surface area contributed by atoms with Crippen LogP contribution in [-0.4, -0.2) is 18.2 Å². The molecule has 0 aliphatic carbocycles.